The highest BCUT2D eigenvalue weighted by Crippen LogP contribution is 2.12. The van der Waals surface area contributed by atoms with Gasteiger partial charge in [-0.25, -0.2) is 4.68 Å². The Balaban J connectivity index is 2.14. The lowest BCUT2D eigenvalue weighted by molar-refractivity contribution is 0.629. The number of hydrogen-bond donors (Lipinski definition) is 0. The van der Waals surface area contributed by atoms with Crippen LogP contribution >= 0.6 is 0 Å². The molecule has 0 unspecified atom stereocenters. The van der Waals surface area contributed by atoms with Crippen molar-refractivity contribution in [1.82, 2.24) is 15.0 Å². The van der Waals surface area contributed by atoms with Gasteiger partial charge < -0.3 is 0 Å². The summed E-state index contributed by atoms with van der Waals surface area (Å²) in [4.78, 5) is 0. The zero-order valence-corrected chi connectivity index (χ0v) is 8.70. The third-order valence-corrected chi connectivity index (χ3v) is 2.62. The Kier molecular flexibility index (Phi) is 2.48. The molecule has 0 amide bonds. The van der Waals surface area contributed by atoms with Crippen molar-refractivity contribution in [2.24, 2.45) is 0 Å². The van der Waals surface area contributed by atoms with Crippen LogP contribution < -0.4 is 0 Å². The molecule has 2 rings (SSSR count). The molecule has 1 aromatic heterocycles. The van der Waals surface area contributed by atoms with Crippen molar-refractivity contribution in [2.75, 3.05) is 0 Å². The van der Waals surface area contributed by atoms with E-state index in [1.807, 2.05) is 11.6 Å². The maximum atomic E-state index is 4.10. The summed E-state index contributed by atoms with van der Waals surface area (Å²) in [5.41, 5.74) is 3.51. The molecule has 3 heteroatoms. The molecule has 0 aromatic carbocycles. The average molecular weight is 189 g/mol. The Bertz CT molecular complexity index is 385. The van der Waals surface area contributed by atoms with Gasteiger partial charge in [0.05, 0.1) is 17.9 Å². The first-order valence-corrected chi connectivity index (χ1v) is 4.99. The average Bonchev–Trinajstić information content (AvgIpc) is 2.52. The smallest absolute Gasteiger partial charge is 0.0825 e. The third kappa shape index (κ3) is 1.76. The molecule has 0 radical (unpaired) electrons. The Morgan fingerprint density at radius 2 is 2.21 bits per heavy atom. The normalized spacial score (nSPS) is 15.7. The van der Waals surface area contributed by atoms with Gasteiger partial charge in [-0.05, 0) is 32.3 Å². The standard InChI is InChI=1S/C11H15N3/c1-9-10(2)14(13-12-9)8-11-6-4-3-5-7-11/h4,6-7H,3,5,8H2,1-2H3. The van der Waals surface area contributed by atoms with Crippen molar-refractivity contribution in [3.05, 3.63) is 35.2 Å². The van der Waals surface area contributed by atoms with Gasteiger partial charge in [0.2, 0.25) is 0 Å². The zero-order chi connectivity index (χ0) is 9.97. The molecule has 0 N–H and O–H groups in total. The Hall–Kier alpha value is -1.38. The molecule has 3 nitrogen and oxygen atoms in total. The van der Waals surface area contributed by atoms with Crippen molar-refractivity contribution >= 4 is 0 Å². The highest BCUT2D eigenvalue weighted by Gasteiger charge is 2.05. The Labute approximate surface area is 84.1 Å². The molecule has 0 fully saturated rings. The van der Waals surface area contributed by atoms with E-state index in [1.54, 1.807) is 0 Å². The van der Waals surface area contributed by atoms with Gasteiger partial charge in [-0.2, -0.15) is 0 Å². The van der Waals surface area contributed by atoms with Crippen molar-refractivity contribution in [1.29, 1.82) is 0 Å². The summed E-state index contributed by atoms with van der Waals surface area (Å²) in [5.74, 6) is 0. The molecular formula is C11H15N3. The second-order valence-corrected chi connectivity index (χ2v) is 3.68. The van der Waals surface area contributed by atoms with E-state index in [9.17, 15) is 0 Å². The monoisotopic (exact) mass is 189 g/mol. The van der Waals surface area contributed by atoms with E-state index < -0.39 is 0 Å². The van der Waals surface area contributed by atoms with Crippen LogP contribution in [0.15, 0.2) is 23.8 Å². The molecule has 0 saturated heterocycles. The first-order valence-electron chi connectivity index (χ1n) is 4.99. The fraction of sp³-hybridized carbons (Fsp3) is 0.455. The summed E-state index contributed by atoms with van der Waals surface area (Å²) < 4.78 is 1.96. The van der Waals surface area contributed by atoms with Gasteiger partial charge >= 0.3 is 0 Å². The summed E-state index contributed by atoms with van der Waals surface area (Å²) in [6.07, 6.45) is 8.99. The molecule has 1 aliphatic rings. The van der Waals surface area contributed by atoms with Crippen LogP contribution in [0.25, 0.3) is 0 Å². The topological polar surface area (TPSA) is 30.7 Å². The van der Waals surface area contributed by atoms with Crippen LogP contribution in [0.1, 0.15) is 24.2 Å². The number of aryl methyl sites for hydroxylation is 1. The van der Waals surface area contributed by atoms with Gasteiger partial charge in [0.25, 0.3) is 0 Å². The number of aromatic nitrogens is 3. The van der Waals surface area contributed by atoms with Crippen molar-refractivity contribution in [2.45, 2.75) is 33.2 Å². The molecule has 0 spiro atoms. The van der Waals surface area contributed by atoms with Gasteiger partial charge in [-0.1, -0.05) is 23.4 Å². The molecule has 14 heavy (non-hydrogen) atoms. The lowest BCUT2D eigenvalue weighted by atomic mass is 10.1. The largest absolute Gasteiger partial charge is 0.245 e. The van der Waals surface area contributed by atoms with Gasteiger partial charge in [-0.3, -0.25) is 0 Å². The summed E-state index contributed by atoms with van der Waals surface area (Å²) in [6.45, 7) is 4.90. The molecule has 1 aromatic rings. The SMILES string of the molecule is Cc1nnn(CC2=CCCC=C2)c1C. The van der Waals surface area contributed by atoms with E-state index in [0.29, 0.717) is 0 Å². The fourth-order valence-corrected chi connectivity index (χ4v) is 1.56. The van der Waals surface area contributed by atoms with Gasteiger partial charge in [0.15, 0.2) is 0 Å². The van der Waals surface area contributed by atoms with Crippen LogP contribution in [0.2, 0.25) is 0 Å². The first-order chi connectivity index (χ1) is 6.77. The fourth-order valence-electron chi connectivity index (χ4n) is 1.56. The maximum absolute atomic E-state index is 4.10. The molecule has 1 aliphatic carbocycles. The van der Waals surface area contributed by atoms with Crippen LogP contribution in [-0.4, -0.2) is 15.0 Å². The van der Waals surface area contributed by atoms with E-state index in [0.717, 1.165) is 24.4 Å². The minimum atomic E-state index is 0.850. The van der Waals surface area contributed by atoms with Crippen LogP contribution in [-0.2, 0) is 6.54 Å². The predicted octanol–water partition coefficient (Wildman–Crippen LogP) is 2.17. The molecular weight excluding hydrogens is 174 g/mol. The highest BCUT2D eigenvalue weighted by molar-refractivity contribution is 5.22. The maximum Gasteiger partial charge on any atom is 0.0825 e. The molecule has 0 saturated carbocycles. The van der Waals surface area contributed by atoms with Crippen LogP contribution in [0.4, 0.5) is 0 Å². The molecule has 1 heterocycles. The van der Waals surface area contributed by atoms with Crippen LogP contribution in [0.3, 0.4) is 0 Å². The quantitative estimate of drug-likeness (QED) is 0.713. The van der Waals surface area contributed by atoms with Crippen LogP contribution in [0.5, 0.6) is 0 Å². The molecule has 0 bridgehead atoms. The van der Waals surface area contributed by atoms with Gasteiger partial charge in [0, 0.05) is 0 Å². The van der Waals surface area contributed by atoms with Crippen molar-refractivity contribution in [3.8, 4) is 0 Å². The Morgan fingerprint density at radius 3 is 2.79 bits per heavy atom. The molecule has 0 aliphatic heterocycles. The summed E-state index contributed by atoms with van der Waals surface area (Å²) in [7, 11) is 0. The lowest BCUT2D eigenvalue weighted by Crippen LogP contribution is -2.05. The number of nitrogens with zero attached hydrogens (tertiary/aromatic N) is 3. The van der Waals surface area contributed by atoms with Crippen molar-refractivity contribution in [3.63, 3.8) is 0 Å². The van der Waals surface area contributed by atoms with E-state index in [2.05, 4.69) is 35.5 Å². The number of hydrogen-bond acceptors (Lipinski definition) is 2. The summed E-state index contributed by atoms with van der Waals surface area (Å²) in [6, 6.07) is 0. The highest BCUT2D eigenvalue weighted by atomic mass is 15.4. The molecule has 74 valence electrons. The summed E-state index contributed by atoms with van der Waals surface area (Å²) in [5, 5.41) is 8.14. The second-order valence-electron chi connectivity index (χ2n) is 3.68. The van der Waals surface area contributed by atoms with E-state index >= 15 is 0 Å². The Morgan fingerprint density at radius 1 is 1.36 bits per heavy atom. The predicted molar refractivity (Wildman–Crippen MR) is 56.0 cm³/mol. The van der Waals surface area contributed by atoms with Gasteiger partial charge in [0.1, 0.15) is 0 Å². The third-order valence-electron chi connectivity index (χ3n) is 2.62. The van der Waals surface area contributed by atoms with Crippen LogP contribution in [0, 0.1) is 13.8 Å². The van der Waals surface area contributed by atoms with Gasteiger partial charge in [-0.15, -0.1) is 5.10 Å². The molecule has 0 atom stereocenters. The number of rotatable bonds is 2. The first kappa shape index (κ1) is 9.19. The lowest BCUT2D eigenvalue weighted by Gasteiger charge is -2.07. The zero-order valence-electron chi connectivity index (χ0n) is 8.70. The summed E-state index contributed by atoms with van der Waals surface area (Å²) >= 11 is 0. The minimum absolute atomic E-state index is 0.850. The van der Waals surface area contributed by atoms with E-state index in [-0.39, 0.29) is 0 Å². The van der Waals surface area contributed by atoms with Crippen molar-refractivity contribution < 1.29 is 0 Å². The number of allylic oxidation sites excluding steroid dienone is 4. The minimum Gasteiger partial charge on any atom is -0.245 e. The second kappa shape index (κ2) is 3.78. The van der Waals surface area contributed by atoms with E-state index in [1.165, 1.54) is 12.0 Å². The van der Waals surface area contributed by atoms with E-state index in [4.69, 9.17) is 0 Å².